The molecule has 0 radical (unpaired) electrons. The van der Waals surface area contributed by atoms with E-state index >= 15 is 0 Å². The fourth-order valence-corrected chi connectivity index (χ4v) is 2.42. The van der Waals surface area contributed by atoms with E-state index < -0.39 is 0 Å². The second-order valence-corrected chi connectivity index (χ2v) is 5.14. The Balaban J connectivity index is 2.77. The first kappa shape index (κ1) is 14.3. The molecule has 1 aliphatic heterocycles. The summed E-state index contributed by atoms with van der Waals surface area (Å²) in [7, 11) is 0. The van der Waals surface area contributed by atoms with Gasteiger partial charge in [0.1, 0.15) is 0 Å². The zero-order valence-corrected chi connectivity index (χ0v) is 11.8. The van der Waals surface area contributed by atoms with Gasteiger partial charge in [-0.25, -0.2) is 0 Å². The van der Waals surface area contributed by atoms with E-state index in [4.69, 9.17) is 11.2 Å². The molecule has 0 bridgehead atoms. The highest BCUT2D eigenvalue weighted by atomic mass is 79.9. The summed E-state index contributed by atoms with van der Waals surface area (Å²) in [6, 6.07) is 0. The van der Waals surface area contributed by atoms with Crippen LogP contribution in [0.2, 0.25) is 0 Å². The Morgan fingerprint density at radius 2 is 2.29 bits per heavy atom. The zero-order valence-electron chi connectivity index (χ0n) is 10.2. The third-order valence-electron chi connectivity index (χ3n) is 2.65. The molecule has 0 aromatic rings. The molecule has 1 aliphatic rings. The van der Waals surface area contributed by atoms with Crippen LogP contribution >= 0.6 is 15.9 Å². The van der Waals surface area contributed by atoms with Gasteiger partial charge in [0, 0.05) is 4.83 Å². The predicted molar refractivity (Wildman–Crippen MR) is 77.2 cm³/mol. The lowest BCUT2D eigenvalue weighted by molar-refractivity contribution is 0.0344. The highest BCUT2D eigenvalue weighted by Crippen LogP contribution is 2.20. The number of hydrogen-bond acceptors (Lipinski definition) is 1. The second kappa shape index (κ2) is 8.33. The fourth-order valence-electron chi connectivity index (χ4n) is 1.71. The summed E-state index contributed by atoms with van der Waals surface area (Å²) in [5.74, 6) is 2.50. The van der Waals surface area contributed by atoms with Crippen LogP contribution in [0, 0.1) is 12.3 Å². The van der Waals surface area contributed by atoms with Crippen LogP contribution in [-0.2, 0) is 4.74 Å². The normalized spacial score (nSPS) is 34.1. The van der Waals surface area contributed by atoms with Crippen molar-refractivity contribution in [3.05, 3.63) is 36.5 Å². The maximum absolute atomic E-state index is 6.04. The van der Waals surface area contributed by atoms with Crippen LogP contribution in [-0.4, -0.2) is 17.0 Å². The first-order valence-electron chi connectivity index (χ1n) is 6.02. The molecule has 3 atom stereocenters. The Bertz CT molecular complexity index is 335. The van der Waals surface area contributed by atoms with Gasteiger partial charge in [0.05, 0.1) is 12.2 Å². The van der Waals surface area contributed by atoms with Crippen LogP contribution in [0.3, 0.4) is 0 Å². The Kier molecular flexibility index (Phi) is 7.00. The standard InChI is InChI=1S/C15H19BrO/c1-3-5-10-13-11-8-6-7-9-12-14(16)15(4-2)17-13/h1,5,7-11,13-15H,4,6,12H2,2H3/b9-7-,10-5-,11-8-. The lowest BCUT2D eigenvalue weighted by Crippen LogP contribution is -2.27. The molecule has 0 aromatic heterocycles. The molecule has 0 N–H and O–H groups in total. The lowest BCUT2D eigenvalue weighted by atomic mass is 10.1. The van der Waals surface area contributed by atoms with E-state index in [0.717, 1.165) is 19.3 Å². The number of alkyl halides is 1. The number of rotatable bonds is 2. The first-order valence-corrected chi connectivity index (χ1v) is 6.93. The molecule has 0 fully saturated rings. The molecule has 0 spiro atoms. The number of terminal acetylenes is 1. The predicted octanol–water partition coefficient (Wildman–Crippen LogP) is 4.01. The van der Waals surface area contributed by atoms with Crippen LogP contribution in [0.1, 0.15) is 26.2 Å². The van der Waals surface area contributed by atoms with Crippen molar-refractivity contribution in [1.29, 1.82) is 0 Å². The smallest absolute Gasteiger partial charge is 0.0951 e. The van der Waals surface area contributed by atoms with Gasteiger partial charge < -0.3 is 4.74 Å². The van der Waals surface area contributed by atoms with Crippen LogP contribution < -0.4 is 0 Å². The summed E-state index contributed by atoms with van der Waals surface area (Å²) >= 11 is 3.69. The highest BCUT2D eigenvalue weighted by Gasteiger charge is 2.19. The fraction of sp³-hybridized carbons (Fsp3) is 0.467. The third kappa shape index (κ3) is 5.39. The molecule has 0 amide bonds. The molecule has 92 valence electrons. The SMILES string of the molecule is C#C/C=C\C1/C=C\C/C=C\CC(Br)C(CC)O1. The van der Waals surface area contributed by atoms with Gasteiger partial charge in [-0.1, -0.05) is 53.1 Å². The average Bonchev–Trinajstić information content (AvgIpc) is 2.35. The van der Waals surface area contributed by atoms with Crippen LogP contribution in [0.15, 0.2) is 36.5 Å². The van der Waals surface area contributed by atoms with Crippen LogP contribution in [0.4, 0.5) is 0 Å². The maximum Gasteiger partial charge on any atom is 0.0951 e. The largest absolute Gasteiger partial charge is 0.366 e. The van der Waals surface area contributed by atoms with Gasteiger partial charge in [-0.05, 0) is 31.4 Å². The summed E-state index contributed by atoms with van der Waals surface area (Å²) in [4.78, 5) is 0.358. The molecule has 3 unspecified atom stereocenters. The number of allylic oxidation sites excluding steroid dienone is 4. The molecule has 0 aliphatic carbocycles. The molecule has 17 heavy (non-hydrogen) atoms. The lowest BCUT2D eigenvalue weighted by Gasteiger charge is -2.24. The zero-order chi connectivity index (χ0) is 12.5. The summed E-state index contributed by atoms with van der Waals surface area (Å²) < 4.78 is 6.04. The summed E-state index contributed by atoms with van der Waals surface area (Å²) in [6.45, 7) is 2.14. The molecule has 0 saturated carbocycles. The average molecular weight is 295 g/mol. The summed E-state index contributed by atoms with van der Waals surface area (Å²) in [6.07, 6.45) is 20.5. The van der Waals surface area contributed by atoms with Crippen molar-refractivity contribution in [3.63, 3.8) is 0 Å². The van der Waals surface area contributed by atoms with E-state index in [0.29, 0.717) is 4.83 Å². The van der Waals surface area contributed by atoms with E-state index in [-0.39, 0.29) is 12.2 Å². The topological polar surface area (TPSA) is 9.23 Å². The Morgan fingerprint density at radius 1 is 1.47 bits per heavy atom. The van der Waals surface area contributed by atoms with Crippen molar-refractivity contribution in [2.75, 3.05) is 0 Å². The van der Waals surface area contributed by atoms with Crippen molar-refractivity contribution in [2.45, 2.75) is 43.2 Å². The molecule has 1 nitrogen and oxygen atoms in total. The molecular formula is C15H19BrO. The third-order valence-corrected chi connectivity index (χ3v) is 3.61. The van der Waals surface area contributed by atoms with E-state index in [1.807, 2.05) is 6.08 Å². The van der Waals surface area contributed by atoms with E-state index in [9.17, 15) is 0 Å². The molecule has 1 heterocycles. The summed E-state index contributed by atoms with van der Waals surface area (Å²) in [5, 5.41) is 0. The molecular weight excluding hydrogens is 276 g/mol. The van der Waals surface area contributed by atoms with Gasteiger partial charge in [-0.3, -0.25) is 0 Å². The van der Waals surface area contributed by atoms with Crippen molar-refractivity contribution in [1.82, 2.24) is 0 Å². The number of halogens is 1. The van der Waals surface area contributed by atoms with Crippen molar-refractivity contribution < 1.29 is 4.74 Å². The molecule has 1 rings (SSSR count). The molecule has 0 aromatic carbocycles. The van der Waals surface area contributed by atoms with Crippen LogP contribution in [0.5, 0.6) is 0 Å². The van der Waals surface area contributed by atoms with E-state index in [1.54, 1.807) is 6.08 Å². The van der Waals surface area contributed by atoms with Gasteiger partial charge in [-0.15, -0.1) is 6.42 Å². The maximum atomic E-state index is 6.04. The van der Waals surface area contributed by atoms with Gasteiger partial charge in [-0.2, -0.15) is 0 Å². The monoisotopic (exact) mass is 294 g/mol. The second-order valence-electron chi connectivity index (χ2n) is 3.96. The van der Waals surface area contributed by atoms with Crippen molar-refractivity contribution >= 4 is 15.9 Å². The van der Waals surface area contributed by atoms with Crippen LogP contribution in [0.25, 0.3) is 0 Å². The quantitative estimate of drug-likeness (QED) is 0.425. The van der Waals surface area contributed by atoms with E-state index in [1.165, 1.54) is 0 Å². The Labute approximate surface area is 113 Å². The first-order chi connectivity index (χ1) is 8.27. The minimum absolute atomic E-state index is 0.0254. The van der Waals surface area contributed by atoms with Gasteiger partial charge in [0.25, 0.3) is 0 Å². The Hall–Kier alpha value is -0.780. The van der Waals surface area contributed by atoms with Gasteiger partial charge in [0.15, 0.2) is 0 Å². The van der Waals surface area contributed by atoms with Crippen molar-refractivity contribution in [3.8, 4) is 12.3 Å². The van der Waals surface area contributed by atoms with Gasteiger partial charge in [0.2, 0.25) is 0 Å². The van der Waals surface area contributed by atoms with E-state index in [2.05, 4.69) is 53.1 Å². The molecule has 0 saturated heterocycles. The summed E-state index contributed by atoms with van der Waals surface area (Å²) in [5.41, 5.74) is 0. The minimum Gasteiger partial charge on any atom is -0.366 e. The Morgan fingerprint density at radius 3 is 3.00 bits per heavy atom. The van der Waals surface area contributed by atoms with Crippen molar-refractivity contribution in [2.24, 2.45) is 0 Å². The number of ether oxygens (including phenoxy) is 1. The highest BCUT2D eigenvalue weighted by molar-refractivity contribution is 9.09. The van der Waals surface area contributed by atoms with Gasteiger partial charge >= 0.3 is 0 Å². The minimum atomic E-state index is -0.0254. The molecule has 2 heteroatoms. The number of hydrogen-bond donors (Lipinski definition) is 0.